The standard InChI is InChI=1S/C12H19N3O3S/c13-10(19)12(3-5-18-6-4-12)11(17)14-7-8-1-2-9(16)15-8/h8H,1-7H2,(H2,13,19)(H,14,17)(H,15,16). The Kier molecular flexibility index (Phi) is 4.36. The SMILES string of the molecule is NC(=S)C1(C(=O)NCC2CCC(=O)N2)CCOCC1. The van der Waals surface area contributed by atoms with E-state index in [0.717, 1.165) is 6.42 Å². The molecule has 4 N–H and O–H groups in total. The van der Waals surface area contributed by atoms with Crippen molar-refractivity contribution in [2.75, 3.05) is 19.8 Å². The van der Waals surface area contributed by atoms with Crippen molar-refractivity contribution in [2.24, 2.45) is 11.1 Å². The Labute approximate surface area is 117 Å². The molecule has 2 aliphatic rings. The van der Waals surface area contributed by atoms with Crippen molar-refractivity contribution >= 4 is 29.0 Å². The van der Waals surface area contributed by atoms with Crippen LogP contribution in [0.5, 0.6) is 0 Å². The zero-order valence-corrected chi connectivity index (χ0v) is 11.6. The summed E-state index contributed by atoms with van der Waals surface area (Å²) < 4.78 is 5.26. The highest BCUT2D eigenvalue weighted by Gasteiger charge is 2.43. The maximum atomic E-state index is 12.4. The summed E-state index contributed by atoms with van der Waals surface area (Å²) in [5.74, 6) is -0.112. The minimum atomic E-state index is -0.795. The number of ether oxygens (including phenoxy) is 1. The molecule has 2 heterocycles. The van der Waals surface area contributed by atoms with Crippen LogP contribution < -0.4 is 16.4 Å². The quantitative estimate of drug-likeness (QED) is 0.603. The zero-order valence-electron chi connectivity index (χ0n) is 10.7. The molecule has 2 amide bonds. The van der Waals surface area contributed by atoms with Gasteiger partial charge in [0.25, 0.3) is 0 Å². The molecule has 2 fully saturated rings. The van der Waals surface area contributed by atoms with Crippen LogP contribution in [0.15, 0.2) is 0 Å². The van der Waals surface area contributed by atoms with Crippen LogP contribution in [0.3, 0.4) is 0 Å². The van der Waals surface area contributed by atoms with Gasteiger partial charge in [0, 0.05) is 32.2 Å². The van der Waals surface area contributed by atoms with Crippen LogP contribution in [0.25, 0.3) is 0 Å². The number of nitrogens with two attached hydrogens (primary N) is 1. The van der Waals surface area contributed by atoms with Gasteiger partial charge in [-0.05, 0) is 19.3 Å². The second-order valence-electron chi connectivity index (χ2n) is 5.07. The first-order valence-electron chi connectivity index (χ1n) is 6.50. The Bertz CT molecular complexity index is 394. The summed E-state index contributed by atoms with van der Waals surface area (Å²) in [4.78, 5) is 23.7. The van der Waals surface area contributed by atoms with Gasteiger partial charge in [0.15, 0.2) is 0 Å². The van der Waals surface area contributed by atoms with Gasteiger partial charge in [-0.15, -0.1) is 0 Å². The molecule has 0 aliphatic carbocycles. The van der Waals surface area contributed by atoms with Gasteiger partial charge < -0.3 is 21.1 Å². The number of hydrogen-bond donors (Lipinski definition) is 3. The third kappa shape index (κ3) is 3.03. The van der Waals surface area contributed by atoms with Crippen molar-refractivity contribution in [1.82, 2.24) is 10.6 Å². The second-order valence-corrected chi connectivity index (χ2v) is 5.51. The molecule has 1 atom stereocenters. The fourth-order valence-corrected chi connectivity index (χ4v) is 2.82. The number of nitrogens with one attached hydrogen (secondary N) is 2. The normalized spacial score (nSPS) is 25.7. The maximum Gasteiger partial charge on any atom is 0.233 e. The van der Waals surface area contributed by atoms with E-state index in [0.29, 0.717) is 39.0 Å². The molecule has 0 bridgehead atoms. The van der Waals surface area contributed by atoms with Gasteiger partial charge in [-0.2, -0.15) is 0 Å². The Balaban J connectivity index is 1.92. The highest BCUT2D eigenvalue weighted by atomic mass is 32.1. The van der Waals surface area contributed by atoms with Gasteiger partial charge in [-0.25, -0.2) is 0 Å². The first-order valence-corrected chi connectivity index (χ1v) is 6.91. The number of carbonyl (C=O) groups is 2. The molecule has 106 valence electrons. The molecule has 19 heavy (non-hydrogen) atoms. The highest BCUT2D eigenvalue weighted by Crippen LogP contribution is 2.31. The van der Waals surface area contributed by atoms with Crippen molar-refractivity contribution in [3.63, 3.8) is 0 Å². The first-order chi connectivity index (χ1) is 9.04. The number of rotatable bonds is 4. The molecule has 2 aliphatic heterocycles. The maximum absolute atomic E-state index is 12.4. The molecule has 0 aromatic carbocycles. The Hall–Kier alpha value is -1.21. The van der Waals surface area contributed by atoms with E-state index in [4.69, 9.17) is 22.7 Å². The summed E-state index contributed by atoms with van der Waals surface area (Å²) in [6.45, 7) is 1.41. The molecule has 2 saturated heterocycles. The minimum Gasteiger partial charge on any atom is -0.392 e. The van der Waals surface area contributed by atoms with Crippen molar-refractivity contribution in [3.05, 3.63) is 0 Å². The molecule has 2 rings (SSSR count). The van der Waals surface area contributed by atoms with Gasteiger partial charge in [0.1, 0.15) is 5.41 Å². The average Bonchev–Trinajstić information content (AvgIpc) is 2.82. The lowest BCUT2D eigenvalue weighted by Crippen LogP contribution is -2.53. The van der Waals surface area contributed by atoms with E-state index >= 15 is 0 Å². The Morgan fingerprint density at radius 1 is 1.53 bits per heavy atom. The van der Waals surface area contributed by atoms with Gasteiger partial charge >= 0.3 is 0 Å². The van der Waals surface area contributed by atoms with Crippen LogP contribution in [0.2, 0.25) is 0 Å². The van der Waals surface area contributed by atoms with Crippen molar-refractivity contribution in [3.8, 4) is 0 Å². The van der Waals surface area contributed by atoms with E-state index in [-0.39, 0.29) is 22.8 Å². The molecule has 0 saturated carbocycles. The molecule has 0 aromatic heterocycles. The van der Waals surface area contributed by atoms with E-state index in [9.17, 15) is 9.59 Å². The van der Waals surface area contributed by atoms with Crippen LogP contribution in [0, 0.1) is 5.41 Å². The Morgan fingerprint density at radius 2 is 2.21 bits per heavy atom. The summed E-state index contributed by atoms with van der Waals surface area (Å²) >= 11 is 5.06. The lowest BCUT2D eigenvalue weighted by Gasteiger charge is -2.34. The lowest BCUT2D eigenvalue weighted by molar-refractivity contribution is -0.131. The fraction of sp³-hybridized carbons (Fsp3) is 0.750. The number of amides is 2. The molecule has 6 nitrogen and oxygen atoms in total. The fourth-order valence-electron chi connectivity index (χ4n) is 2.52. The van der Waals surface area contributed by atoms with E-state index in [1.807, 2.05) is 0 Å². The molecule has 1 unspecified atom stereocenters. The van der Waals surface area contributed by atoms with Crippen LogP contribution in [0.1, 0.15) is 25.7 Å². The largest absolute Gasteiger partial charge is 0.392 e. The smallest absolute Gasteiger partial charge is 0.233 e. The van der Waals surface area contributed by atoms with Crippen molar-refractivity contribution < 1.29 is 14.3 Å². The van der Waals surface area contributed by atoms with Crippen molar-refractivity contribution in [2.45, 2.75) is 31.7 Å². The molecule has 0 aromatic rings. The van der Waals surface area contributed by atoms with E-state index in [2.05, 4.69) is 10.6 Å². The number of carbonyl (C=O) groups excluding carboxylic acids is 2. The molecule has 0 radical (unpaired) electrons. The van der Waals surface area contributed by atoms with Crippen molar-refractivity contribution in [1.29, 1.82) is 0 Å². The summed E-state index contributed by atoms with van der Waals surface area (Å²) in [7, 11) is 0. The molecular formula is C12H19N3O3S. The zero-order chi connectivity index (χ0) is 13.9. The third-order valence-electron chi connectivity index (χ3n) is 3.85. The lowest BCUT2D eigenvalue weighted by atomic mass is 9.79. The summed E-state index contributed by atoms with van der Waals surface area (Å²) in [6.07, 6.45) is 2.31. The van der Waals surface area contributed by atoms with Gasteiger partial charge in [-0.3, -0.25) is 9.59 Å². The summed E-state index contributed by atoms with van der Waals surface area (Å²) in [6, 6.07) is 0.0136. The number of thiocarbonyl (C=S) groups is 1. The monoisotopic (exact) mass is 285 g/mol. The number of hydrogen-bond acceptors (Lipinski definition) is 4. The van der Waals surface area contributed by atoms with Crippen LogP contribution in [0.4, 0.5) is 0 Å². The van der Waals surface area contributed by atoms with Gasteiger partial charge in [0.05, 0.1) is 4.99 Å². The second kappa shape index (κ2) is 5.83. The topological polar surface area (TPSA) is 93.5 Å². The summed E-state index contributed by atoms with van der Waals surface area (Å²) in [5, 5.41) is 5.67. The predicted octanol–water partition coefficient (Wildman–Crippen LogP) is -0.536. The average molecular weight is 285 g/mol. The van der Waals surface area contributed by atoms with Crippen LogP contribution in [-0.4, -0.2) is 42.6 Å². The minimum absolute atomic E-state index is 0.0136. The highest BCUT2D eigenvalue weighted by molar-refractivity contribution is 7.80. The molecular weight excluding hydrogens is 266 g/mol. The van der Waals surface area contributed by atoms with Gasteiger partial charge in [-0.1, -0.05) is 12.2 Å². The van der Waals surface area contributed by atoms with E-state index in [1.165, 1.54) is 0 Å². The Morgan fingerprint density at radius 3 is 2.74 bits per heavy atom. The van der Waals surface area contributed by atoms with E-state index < -0.39 is 5.41 Å². The summed E-state index contributed by atoms with van der Waals surface area (Å²) in [5.41, 5.74) is 4.96. The van der Waals surface area contributed by atoms with Gasteiger partial charge in [0.2, 0.25) is 11.8 Å². The molecule has 0 spiro atoms. The van der Waals surface area contributed by atoms with Crippen LogP contribution in [-0.2, 0) is 14.3 Å². The molecule has 7 heteroatoms. The predicted molar refractivity (Wildman–Crippen MR) is 73.4 cm³/mol. The first kappa shape index (κ1) is 14.2. The third-order valence-corrected chi connectivity index (χ3v) is 4.24. The van der Waals surface area contributed by atoms with E-state index in [1.54, 1.807) is 0 Å². The van der Waals surface area contributed by atoms with Crippen LogP contribution >= 0.6 is 12.2 Å².